The van der Waals surface area contributed by atoms with Crippen LogP contribution < -0.4 is 0 Å². The van der Waals surface area contributed by atoms with E-state index in [1.807, 2.05) is 0 Å². The fourth-order valence-corrected chi connectivity index (χ4v) is 5.56. The molecule has 1 N–H and O–H groups in total. The Bertz CT molecular complexity index is 457. The fraction of sp³-hybridized carbons (Fsp3) is 0.900. The van der Waals surface area contributed by atoms with Crippen LogP contribution in [0.25, 0.3) is 0 Å². The van der Waals surface area contributed by atoms with Crippen molar-refractivity contribution < 1.29 is 9.84 Å². The van der Waals surface area contributed by atoms with Crippen molar-refractivity contribution in [3.8, 4) is 0 Å². The van der Waals surface area contributed by atoms with E-state index >= 15 is 0 Å². The largest absolute Gasteiger partial charge is 0.389 e. The van der Waals surface area contributed by atoms with Crippen molar-refractivity contribution in [3.05, 3.63) is 11.6 Å². The molecule has 2 nitrogen and oxygen atoms in total. The predicted octanol–water partition coefficient (Wildman–Crippen LogP) is 4.71. The van der Waals surface area contributed by atoms with E-state index in [0.717, 1.165) is 12.8 Å². The van der Waals surface area contributed by atoms with Gasteiger partial charge in [0, 0.05) is 0 Å². The first-order valence-corrected chi connectivity index (χ1v) is 9.31. The maximum Gasteiger partial charge on any atom is 0.0754 e. The smallest absolute Gasteiger partial charge is 0.0754 e. The molecule has 2 heteroatoms. The molecule has 0 aromatic carbocycles. The highest BCUT2D eigenvalue weighted by Crippen LogP contribution is 2.58. The van der Waals surface area contributed by atoms with E-state index in [1.165, 1.54) is 31.3 Å². The highest BCUT2D eigenvalue weighted by atomic mass is 16.5. The molecule has 22 heavy (non-hydrogen) atoms. The molecule has 0 spiro atoms. The van der Waals surface area contributed by atoms with Crippen LogP contribution in [0.15, 0.2) is 11.6 Å². The first kappa shape index (κ1) is 16.5. The Morgan fingerprint density at radius 2 is 2.00 bits per heavy atom. The van der Waals surface area contributed by atoms with E-state index in [-0.39, 0.29) is 17.3 Å². The summed E-state index contributed by atoms with van der Waals surface area (Å²) in [5.41, 5.74) is 1.58. The number of hydrogen-bond acceptors (Lipinski definition) is 2. The van der Waals surface area contributed by atoms with Crippen LogP contribution in [0.1, 0.15) is 73.1 Å². The highest BCUT2D eigenvalue weighted by molar-refractivity contribution is 5.10. The summed E-state index contributed by atoms with van der Waals surface area (Å²) in [6.45, 7) is 11.5. The molecule has 0 aromatic rings. The Labute approximate surface area is 136 Å². The summed E-state index contributed by atoms with van der Waals surface area (Å²) in [5.74, 6) is 2.40. The molecule has 3 rings (SSSR count). The third kappa shape index (κ3) is 2.67. The van der Waals surface area contributed by atoms with E-state index in [4.69, 9.17) is 4.74 Å². The number of allylic oxidation sites excluding steroid dienone is 1. The number of rotatable bonds is 4. The zero-order valence-electron chi connectivity index (χ0n) is 15.1. The van der Waals surface area contributed by atoms with Gasteiger partial charge in [-0.2, -0.15) is 0 Å². The molecule has 1 aliphatic carbocycles. The number of aliphatic hydroxyl groups excluding tert-OH is 1. The Morgan fingerprint density at radius 3 is 2.59 bits per heavy atom. The molecule has 0 saturated carbocycles. The molecule has 0 amide bonds. The molecule has 2 fully saturated rings. The average molecular weight is 306 g/mol. The summed E-state index contributed by atoms with van der Waals surface area (Å²) >= 11 is 0. The predicted molar refractivity (Wildman–Crippen MR) is 90.7 cm³/mol. The van der Waals surface area contributed by atoms with Gasteiger partial charge in [0.2, 0.25) is 0 Å². The summed E-state index contributed by atoms with van der Waals surface area (Å²) in [6, 6.07) is 0. The van der Waals surface area contributed by atoms with E-state index < -0.39 is 0 Å². The molecule has 0 unspecified atom stereocenters. The van der Waals surface area contributed by atoms with Crippen molar-refractivity contribution >= 4 is 0 Å². The van der Waals surface area contributed by atoms with Gasteiger partial charge in [-0.25, -0.2) is 0 Å². The summed E-state index contributed by atoms with van der Waals surface area (Å²) in [7, 11) is 0. The van der Waals surface area contributed by atoms with Crippen LogP contribution in [0.4, 0.5) is 0 Å². The minimum atomic E-state index is -0.231. The third-order valence-corrected chi connectivity index (χ3v) is 7.37. The average Bonchev–Trinajstić information content (AvgIpc) is 2.84. The fourth-order valence-electron chi connectivity index (χ4n) is 5.56. The van der Waals surface area contributed by atoms with Gasteiger partial charge in [0.05, 0.1) is 17.3 Å². The summed E-state index contributed by atoms with van der Waals surface area (Å²) in [4.78, 5) is 0. The van der Waals surface area contributed by atoms with Gasteiger partial charge >= 0.3 is 0 Å². The molecule has 2 heterocycles. The second-order valence-electron chi connectivity index (χ2n) is 8.88. The van der Waals surface area contributed by atoms with Crippen LogP contribution >= 0.6 is 0 Å². The SMILES string of the molecule is CC1=C[C@@H](O)[C@@H]([C@@H](C)CC[C@H]2[C@H](C)[C@@]3(C)CC[C@]2(C)O3)CC1. The van der Waals surface area contributed by atoms with Gasteiger partial charge in [-0.15, -0.1) is 0 Å². The van der Waals surface area contributed by atoms with Crippen molar-refractivity contribution in [1.29, 1.82) is 0 Å². The lowest BCUT2D eigenvalue weighted by molar-refractivity contribution is -0.0434. The molecule has 2 saturated heterocycles. The second kappa shape index (κ2) is 5.63. The van der Waals surface area contributed by atoms with Crippen LogP contribution in [0.5, 0.6) is 0 Å². The molecular formula is C20H34O2. The standard InChI is InChI=1S/C20H34O2/c1-13-6-8-16(18(21)12-13)14(2)7-9-17-15(3)19(4)10-11-20(17,5)22-19/h12,14-18,21H,6-11H2,1-5H3/t14-,15-,16+,17-,18+,19+,20-/m0/s1. The Morgan fingerprint density at radius 1 is 1.32 bits per heavy atom. The van der Waals surface area contributed by atoms with Crippen LogP contribution in [-0.4, -0.2) is 22.4 Å². The van der Waals surface area contributed by atoms with E-state index in [0.29, 0.717) is 23.7 Å². The van der Waals surface area contributed by atoms with Crippen molar-refractivity contribution in [1.82, 2.24) is 0 Å². The lowest BCUT2D eigenvalue weighted by atomic mass is 9.66. The van der Waals surface area contributed by atoms with E-state index in [1.54, 1.807) is 0 Å². The molecule has 0 radical (unpaired) electrons. The number of ether oxygens (including phenoxy) is 1. The summed E-state index contributed by atoms with van der Waals surface area (Å²) in [6.07, 6.45) is 9.07. The lowest BCUT2D eigenvalue weighted by Gasteiger charge is -2.36. The maximum absolute atomic E-state index is 10.3. The zero-order chi connectivity index (χ0) is 16.1. The van der Waals surface area contributed by atoms with Gasteiger partial charge in [0.1, 0.15) is 0 Å². The lowest BCUT2D eigenvalue weighted by Crippen LogP contribution is -2.37. The summed E-state index contributed by atoms with van der Waals surface area (Å²) in [5, 5.41) is 10.3. The van der Waals surface area contributed by atoms with Crippen molar-refractivity contribution in [2.45, 2.75) is 90.4 Å². The topological polar surface area (TPSA) is 29.5 Å². The normalized spacial score (nSPS) is 49.3. The van der Waals surface area contributed by atoms with Gasteiger partial charge in [0.15, 0.2) is 0 Å². The summed E-state index contributed by atoms with van der Waals surface area (Å²) < 4.78 is 6.43. The van der Waals surface area contributed by atoms with Gasteiger partial charge in [-0.05, 0) is 83.0 Å². The van der Waals surface area contributed by atoms with E-state index in [9.17, 15) is 5.11 Å². The number of aliphatic hydroxyl groups is 1. The van der Waals surface area contributed by atoms with Crippen LogP contribution in [0, 0.1) is 23.7 Å². The number of hydrogen-bond donors (Lipinski definition) is 1. The second-order valence-corrected chi connectivity index (χ2v) is 8.88. The minimum absolute atomic E-state index is 0.107. The van der Waals surface area contributed by atoms with Gasteiger partial charge in [0.25, 0.3) is 0 Å². The molecule has 2 bridgehead atoms. The van der Waals surface area contributed by atoms with Gasteiger partial charge < -0.3 is 9.84 Å². The van der Waals surface area contributed by atoms with Crippen molar-refractivity contribution in [3.63, 3.8) is 0 Å². The molecule has 0 aromatic heterocycles. The monoisotopic (exact) mass is 306 g/mol. The molecular weight excluding hydrogens is 272 g/mol. The zero-order valence-corrected chi connectivity index (χ0v) is 15.1. The highest BCUT2D eigenvalue weighted by Gasteiger charge is 2.60. The van der Waals surface area contributed by atoms with Crippen molar-refractivity contribution in [2.24, 2.45) is 23.7 Å². The molecule has 2 aliphatic heterocycles. The first-order chi connectivity index (χ1) is 10.3. The molecule has 7 atom stereocenters. The van der Waals surface area contributed by atoms with Gasteiger partial charge in [-0.1, -0.05) is 25.5 Å². The third-order valence-electron chi connectivity index (χ3n) is 7.37. The number of fused-ring (bicyclic) bond motifs is 2. The van der Waals surface area contributed by atoms with Crippen LogP contribution in [-0.2, 0) is 4.74 Å². The van der Waals surface area contributed by atoms with Crippen LogP contribution in [0.3, 0.4) is 0 Å². The van der Waals surface area contributed by atoms with E-state index in [2.05, 4.69) is 40.7 Å². The Kier molecular flexibility index (Phi) is 4.23. The minimum Gasteiger partial charge on any atom is -0.389 e. The Hall–Kier alpha value is -0.340. The van der Waals surface area contributed by atoms with Crippen molar-refractivity contribution in [2.75, 3.05) is 0 Å². The Balaban J connectivity index is 1.59. The van der Waals surface area contributed by atoms with Gasteiger partial charge in [-0.3, -0.25) is 0 Å². The molecule has 3 aliphatic rings. The first-order valence-electron chi connectivity index (χ1n) is 9.31. The molecule has 126 valence electrons. The maximum atomic E-state index is 10.3. The quantitative estimate of drug-likeness (QED) is 0.762. The van der Waals surface area contributed by atoms with Crippen LogP contribution in [0.2, 0.25) is 0 Å².